The van der Waals surface area contributed by atoms with Gasteiger partial charge in [0.15, 0.2) is 5.82 Å². The first-order chi connectivity index (χ1) is 9.63. The van der Waals surface area contributed by atoms with Gasteiger partial charge in [-0.15, -0.1) is 0 Å². The Hall–Kier alpha value is -1.95. The van der Waals surface area contributed by atoms with Gasteiger partial charge in [0.25, 0.3) is 0 Å². The minimum absolute atomic E-state index is 0.165. The largest absolute Gasteiger partial charge is 0.465 e. The number of carbonyl (C=O) groups excluding carboxylic acids is 1. The van der Waals surface area contributed by atoms with Crippen LogP contribution in [0.5, 0.6) is 0 Å². The summed E-state index contributed by atoms with van der Waals surface area (Å²) in [5, 5.41) is 3.02. The maximum atomic E-state index is 13.8. The zero-order valence-corrected chi connectivity index (χ0v) is 12.3. The van der Waals surface area contributed by atoms with Gasteiger partial charge in [-0.05, 0) is 34.1 Å². The standard InChI is InChI=1S/C14H12BrFN2O2/c1-20-14(19)10-4-2-3-5-11(10)18-8-9-6-7-17-13(15)12(9)16/h2-7,18H,8H2,1H3. The molecule has 0 atom stereocenters. The van der Waals surface area contributed by atoms with Crippen LogP contribution < -0.4 is 5.32 Å². The molecule has 1 heterocycles. The minimum atomic E-state index is -0.440. The van der Waals surface area contributed by atoms with Gasteiger partial charge < -0.3 is 10.1 Å². The number of esters is 1. The van der Waals surface area contributed by atoms with E-state index in [1.807, 2.05) is 0 Å². The molecule has 0 unspecified atom stereocenters. The van der Waals surface area contributed by atoms with Crippen LogP contribution in [0.4, 0.5) is 10.1 Å². The van der Waals surface area contributed by atoms with Crippen LogP contribution in [0.25, 0.3) is 0 Å². The summed E-state index contributed by atoms with van der Waals surface area (Å²) in [6.45, 7) is 0.237. The molecular formula is C14H12BrFN2O2. The van der Waals surface area contributed by atoms with E-state index in [-0.39, 0.29) is 11.1 Å². The zero-order valence-electron chi connectivity index (χ0n) is 10.7. The van der Waals surface area contributed by atoms with Crippen LogP contribution in [0, 0.1) is 5.82 Å². The van der Waals surface area contributed by atoms with E-state index in [1.54, 1.807) is 30.3 Å². The van der Waals surface area contributed by atoms with Crippen molar-refractivity contribution in [3.63, 3.8) is 0 Å². The lowest BCUT2D eigenvalue weighted by Crippen LogP contribution is -2.09. The van der Waals surface area contributed by atoms with Gasteiger partial charge >= 0.3 is 5.97 Å². The number of nitrogens with zero attached hydrogens (tertiary/aromatic N) is 1. The van der Waals surface area contributed by atoms with Crippen LogP contribution in [-0.2, 0) is 11.3 Å². The molecule has 0 amide bonds. The lowest BCUT2D eigenvalue weighted by atomic mass is 10.1. The van der Waals surface area contributed by atoms with Crippen LogP contribution in [0.15, 0.2) is 41.1 Å². The molecule has 1 aromatic carbocycles. The highest BCUT2D eigenvalue weighted by Gasteiger charge is 2.12. The van der Waals surface area contributed by atoms with Gasteiger partial charge in [-0.3, -0.25) is 0 Å². The average Bonchev–Trinajstić information content (AvgIpc) is 2.48. The monoisotopic (exact) mass is 338 g/mol. The summed E-state index contributed by atoms with van der Waals surface area (Å²) in [6, 6.07) is 8.48. The molecule has 0 bridgehead atoms. The van der Waals surface area contributed by atoms with Gasteiger partial charge in [-0.25, -0.2) is 14.2 Å². The fourth-order valence-corrected chi connectivity index (χ4v) is 2.08. The predicted molar refractivity (Wildman–Crippen MR) is 77.0 cm³/mol. The summed E-state index contributed by atoms with van der Waals surface area (Å²) in [5.41, 5.74) is 1.45. The number of methoxy groups -OCH3 is 1. The predicted octanol–water partition coefficient (Wildman–Crippen LogP) is 3.38. The fourth-order valence-electron chi connectivity index (χ4n) is 1.71. The van der Waals surface area contributed by atoms with Crippen molar-refractivity contribution in [2.75, 3.05) is 12.4 Å². The molecule has 2 rings (SSSR count). The fraction of sp³-hybridized carbons (Fsp3) is 0.143. The third-order valence-electron chi connectivity index (χ3n) is 2.73. The summed E-state index contributed by atoms with van der Waals surface area (Å²) < 4.78 is 18.7. The maximum Gasteiger partial charge on any atom is 0.339 e. The third kappa shape index (κ3) is 3.14. The summed E-state index contributed by atoms with van der Waals surface area (Å²) in [7, 11) is 1.32. The highest BCUT2D eigenvalue weighted by molar-refractivity contribution is 9.10. The number of aromatic nitrogens is 1. The number of halogens is 2. The topological polar surface area (TPSA) is 51.2 Å². The first-order valence-electron chi connectivity index (χ1n) is 5.83. The highest BCUT2D eigenvalue weighted by atomic mass is 79.9. The number of anilines is 1. The van der Waals surface area contributed by atoms with Gasteiger partial charge in [0.2, 0.25) is 0 Å². The molecule has 0 aliphatic carbocycles. The molecule has 0 spiro atoms. The molecular weight excluding hydrogens is 327 g/mol. The number of nitrogens with one attached hydrogen (secondary N) is 1. The zero-order chi connectivity index (χ0) is 14.5. The van der Waals surface area contributed by atoms with E-state index in [1.165, 1.54) is 13.3 Å². The summed E-state index contributed by atoms with van der Waals surface area (Å²) in [6.07, 6.45) is 1.51. The van der Waals surface area contributed by atoms with Crippen LogP contribution >= 0.6 is 15.9 Å². The first-order valence-corrected chi connectivity index (χ1v) is 6.63. The van der Waals surface area contributed by atoms with Crippen molar-refractivity contribution in [2.45, 2.75) is 6.54 Å². The Bertz CT molecular complexity index is 634. The smallest absolute Gasteiger partial charge is 0.339 e. The lowest BCUT2D eigenvalue weighted by molar-refractivity contribution is 0.0602. The summed E-state index contributed by atoms with van der Waals surface area (Å²) in [5.74, 6) is -0.861. The van der Waals surface area contributed by atoms with Gasteiger partial charge in [0.05, 0.1) is 12.7 Å². The summed E-state index contributed by atoms with van der Waals surface area (Å²) >= 11 is 3.03. The van der Waals surface area contributed by atoms with Crippen LogP contribution in [-0.4, -0.2) is 18.1 Å². The van der Waals surface area contributed by atoms with Crippen LogP contribution in [0.1, 0.15) is 15.9 Å². The number of rotatable bonds is 4. The lowest BCUT2D eigenvalue weighted by Gasteiger charge is -2.11. The molecule has 2 aromatic rings. The van der Waals surface area contributed by atoms with Crippen molar-refractivity contribution in [1.29, 1.82) is 0 Å². The Labute approximate surface area is 124 Å². The van der Waals surface area contributed by atoms with E-state index in [0.29, 0.717) is 16.8 Å². The number of ether oxygens (including phenoxy) is 1. The molecule has 0 saturated heterocycles. The average molecular weight is 339 g/mol. The van der Waals surface area contributed by atoms with Crippen molar-refractivity contribution in [2.24, 2.45) is 0 Å². The van der Waals surface area contributed by atoms with E-state index in [2.05, 4.69) is 26.2 Å². The number of para-hydroxylation sites is 1. The number of carbonyl (C=O) groups is 1. The molecule has 1 aromatic heterocycles. The molecule has 0 aliphatic heterocycles. The van der Waals surface area contributed by atoms with Crippen molar-refractivity contribution >= 4 is 27.6 Å². The van der Waals surface area contributed by atoms with Crippen LogP contribution in [0.2, 0.25) is 0 Å². The van der Waals surface area contributed by atoms with Crippen molar-refractivity contribution in [3.05, 3.63) is 58.1 Å². The normalized spacial score (nSPS) is 10.2. The van der Waals surface area contributed by atoms with Crippen molar-refractivity contribution in [3.8, 4) is 0 Å². The Morgan fingerprint density at radius 3 is 2.90 bits per heavy atom. The molecule has 4 nitrogen and oxygen atoms in total. The second-order valence-corrected chi connectivity index (χ2v) is 4.72. The Kier molecular flexibility index (Phi) is 4.68. The molecule has 104 valence electrons. The molecule has 0 fully saturated rings. The SMILES string of the molecule is COC(=O)c1ccccc1NCc1ccnc(Br)c1F. The number of hydrogen-bond acceptors (Lipinski definition) is 4. The Morgan fingerprint density at radius 1 is 1.40 bits per heavy atom. The maximum absolute atomic E-state index is 13.8. The Morgan fingerprint density at radius 2 is 2.15 bits per heavy atom. The number of benzene rings is 1. The van der Waals surface area contributed by atoms with E-state index in [4.69, 9.17) is 4.74 Å². The molecule has 6 heteroatoms. The Balaban J connectivity index is 2.19. The van der Waals surface area contributed by atoms with E-state index >= 15 is 0 Å². The van der Waals surface area contributed by atoms with Gasteiger partial charge in [0, 0.05) is 24.0 Å². The van der Waals surface area contributed by atoms with Gasteiger partial charge in [-0.1, -0.05) is 12.1 Å². The van der Waals surface area contributed by atoms with Crippen LogP contribution in [0.3, 0.4) is 0 Å². The number of pyridine rings is 1. The van der Waals surface area contributed by atoms with Gasteiger partial charge in [0.1, 0.15) is 4.60 Å². The third-order valence-corrected chi connectivity index (χ3v) is 3.28. The quantitative estimate of drug-likeness (QED) is 0.685. The van der Waals surface area contributed by atoms with E-state index in [9.17, 15) is 9.18 Å². The number of hydrogen-bond donors (Lipinski definition) is 1. The van der Waals surface area contributed by atoms with Crippen molar-refractivity contribution in [1.82, 2.24) is 4.98 Å². The molecule has 1 N–H and O–H groups in total. The van der Waals surface area contributed by atoms with Crippen molar-refractivity contribution < 1.29 is 13.9 Å². The molecule has 20 heavy (non-hydrogen) atoms. The highest BCUT2D eigenvalue weighted by Crippen LogP contribution is 2.20. The first kappa shape index (κ1) is 14.5. The molecule has 0 saturated carbocycles. The second kappa shape index (κ2) is 6.47. The summed E-state index contributed by atoms with van der Waals surface area (Å²) in [4.78, 5) is 15.4. The molecule has 0 aliphatic rings. The van der Waals surface area contributed by atoms with E-state index < -0.39 is 11.8 Å². The molecule has 0 radical (unpaired) electrons. The minimum Gasteiger partial charge on any atom is -0.465 e. The van der Waals surface area contributed by atoms with E-state index in [0.717, 1.165) is 0 Å². The van der Waals surface area contributed by atoms with Gasteiger partial charge in [-0.2, -0.15) is 0 Å². The second-order valence-electron chi connectivity index (χ2n) is 3.97.